The van der Waals surface area contributed by atoms with Gasteiger partial charge in [-0.3, -0.25) is 4.68 Å². The summed E-state index contributed by atoms with van der Waals surface area (Å²) >= 11 is 8.23. The average molecular weight is 415 g/mol. The molecule has 110 valence electrons. The van der Waals surface area contributed by atoms with Gasteiger partial charge in [0.15, 0.2) is 0 Å². The number of benzene rings is 1. The Morgan fingerprint density at radius 3 is 2.90 bits per heavy atom. The fraction of sp³-hybridized carbons (Fsp3) is 0.333. The molecule has 0 unspecified atom stereocenters. The van der Waals surface area contributed by atoms with Crippen LogP contribution < -0.4 is 0 Å². The van der Waals surface area contributed by atoms with E-state index in [1.807, 2.05) is 23.1 Å². The number of hydrogen-bond acceptors (Lipinski definition) is 2. The maximum Gasteiger partial charge on any atom is 0.111 e. The van der Waals surface area contributed by atoms with Gasteiger partial charge < -0.3 is 4.57 Å². The van der Waals surface area contributed by atoms with Crippen molar-refractivity contribution in [2.24, 2.45) is 0 Å². The molecule has 0 amide bonds. The number of hydrogen-bond donors (Lipinski definition) is 0. The van der Waals surface area contributed by atoms with Crippen LogP contribution in [0.5, 0.6) is 0 Å². The van der Waals surface area contributed by atoms with Gasteiger partial charge in [-0.05, 0) is 53.3 Å². The van der Waals surface area contributed by atoms with Crippen LogP contribution in [0.15, 0.2) is 36.7 Å². The van der Waals surface area contributed by atoms with E-state index in [0.717, 1.165) is 37.3 Å². The predicted molar refractivity (Wildman–Crippen MR) is 93.7 cm³/mol. The Kier molecular flexibility index (Phi) is 4.80. The van der Waals surface area contributed by atoms with Crippen molar-refractivity contribution in [2.45, 2.75) is 25.9 Å². The Hall–Kier alpha value is -1.08. The molecule has 0 atom stereocenters. The standard InChI is InChI=1S/C15H16ClIN4/c16-6-5-15-19-13-11-12(17)3-4-14(13)21(15)10-2-9-20-8-1-7-18-20/h1,3-4,7-8,11H,2,5-6,9-10H2. The largest absolute Gasteiger partial charge is 0.328 e. The molecule has 4 nitrogen and oxygen atoms in total. The Bertz CT molecular complexity index is 721. The van der Waals surface area contributed by atoms with Gasteiger partial charge in [-0.15, -0.1) is 11.6 Å². The minimum absolute atomic E-state index is 0.597. The molecule has 0 fully saturated rings. The summed E-state index contributed by atoms with van der Waals surface area (Å²) in [5.74, 6) is 1.67. The van der Waals surface area contributed by atoms with Gasteiger partial charge in [-0.1, -0.05) is 0 Å². The van der Waals surface area contributed by atoms with Crippen molar-refractivity contribution < 1.29 is 0 Å². The number of halogens is 2. The second-order valence-corrected chi connectivity index (χ2v) is 6.50. The summed E-state index contributed by atoms with van der Waals surface area (Å²) in [6.45, 7) is 1.85. The molecule has 3 rings (SSSR count). The molecular weight excluding hydrogens is 399 g/mol. The van der Waals surface area contributed by atoms with Crippen molar-refractivity contribution in [3.63, 3.8) is 0 Å². The lowest BCUT2D eigenvalue weighted by atomic mass is 10.3. The van der Waals surface area contributed by atoms with Crippen molar-refractivity contribution in [3.05, 3.63) is 46.1 Å². The highest BCUT2D eigenvalue weighted by molar-refractivity contribution is 14.1. The molecule has 0 N–H and O–H groups in total. The first-order valence-electron chi connectivity index (χ1n) is 6.96. The van der Waals surface area contributed by atoms with E-state index in [1.54, 1.807) is 0 Å². The molecule has 0 aliphatic rings. The maximum atomic E-state index is 5.91. The molecule has 0 aliphatic heterocycles. The van der Waals surface area contributed by atoms with Gasteiger partial charge in [-0.2, -0.15) is 5.10 Å². The van der Waals surface area contributed by atoms with E-state index in [9.17, 15) is 0 Å². The van der Waals surface area contributed by atoms with E-state index in [2.05, 4.69) is 50.5 Å². The average Bonchev–Trinajstić information content (AvgIpc) is 3.08. The minimum atomic E-state index is 0.597. The second-order valence-electron chi connectivity index (χ2n) is 4.87. The number of rotatable bonds is 6. The van der Waals surface area contributed by atoms with E-state index in [-0.39, 0.29) is 0 Å². The third-order valence-corrected chi connectivity index (χ3v) is 4.30. The number of imidazole rings is 1. The minimum Gasteiger partial charge on any atom is -0.328 e. The third kappa shape index (κ3) is 3.40. The van der Waals surface area contributed by atoms with Gasteiger partial charge in [0, 0.05) is 41.4 Å². The molecule has 6 heteroatoms. The lowest BCUT2D eigenvalue weighted by Crippen LogP contribution is -2.08. The van der Waals surface area contributed by atoms with Crippen LogP contribution in [-0.4, -0.2) is 25.2 Å². The van der Waals surface area contributed by atoms with Crippen molar-refractivity contribution in [1.82, 2.24) is 19.3 Å². The Labute approximate surface area is 142 Å². The summed E-state index contributed by atoms with van der Waals surface area (Å²) in [5, 5.41) is 4.24. The molecule has 0 aliphatic carbocycles. The van der Waals surface area contributed by atoms with Gasteiger partial charge in [0.1, 0.15) is 5.82 Å². The quantitative estimate of drug-likeness (QED) is 0.455. The number of fused-ring (bicyclic) bond motifs is 1. The van der Waals surface area contributed by atoms with Gasteiger partial charge in [0.25, 0.3) is 0 Å². The van der Waals surface area contributed by atoms with Crippen LogP contribution in [-0.2, 0) is 19.5 Å². The van der Waals surface area contributed by atoms with E-state index >= 15 is 0 Å². The summed E-state index contributed by atoms with van der Waals surface area (Å²) in [7, 11) is 0. The first-order chi connectivity index (χ1) is 10.3. The van der Waals surface area contributed by atoms with Crippen LogP contribution in [0.25, 0.3) is 11.0 Å². The van der Waals surface area contributed by atoms with Crippen LogP contribution in [0.1, 0.15) is 12.2 Å². The molecule has 1 aromatic carbocycles. The maximum absolute atomic E-state index is 5.91. The molecule has 0 saturated heterocycles. The van der Waals surface area contributed by atoms with Crippen LogP contribution >= 0.6 is 34.2 Å². The fourth-order valence-electron chi connectivity index (χ4n) is 2.50. The Morgan fingerprint density at radius 1 is 1.24 bits per heavy atom. The Morgan fingerprint density at radius 2 is 2.14 bits per heavy atom. The van der Waals surface area contributed by atoms with Crippen molar-refractivity contribution in [2.75, 3.05) is 5.88 Å². The van der Waals surface area contributed by atoms with E-state index in [0.29, 0.717) is 5.88 Å². The fourth-order valence-corrected chi connectivity index (χ4v) is 3.15. The van der Waals surface area contributed by atoms with Crippen molar-refractivity contribution >= 4 is 45.2 Å². The summed E-state index contributed by atoms with van der Waals surface area (Å²) in [5.41, 5.74) is 2.25. The van der Waals surface area contributed by atoms with Crippen molar-refractivity contribution in [3.8, 4) is 0 Å². The van der Waals surface area contributed by atoms with Gasteiger partial charge in [-0.25, -0.2) is 4.98 Å². The van der Waals surface area contributed by atoms with E-state index < -0.39 is 0 Å². The molecule has 3 aromatic rings. The van der Waals surface area contributed by atoms with Gasteiger partial charge in [0.2, 0.25) is 0 Å². The highest BCUT2D eigenvalue weighted by atomic mass is 127. The molecule has 0 radical (unpaired) electrons. The van der Waals surface area contributed by atoms with E-state index in [4.69, 9.17) is 16.6 Å². The summed E-state index contributed by atoms with van der Waals surface area (Å²) < 4.78 is 5.46. The first kappa shape index (κ1) is 14.8. The number of aryl methyl sites for hydroxylation is 3. The summed E-state index contributed by atoms with van der Waals surface area (Å²) in [6.07, 6.45) is 5.63. The highest BCUT2D eigenvalue weighted by Gasteiger charge is 2.10. The monoisotopic (exact) mass is 414 g/mol. The first-order valence-corrected chi connectivity index (χ1v) is 8.57. The van der Waals surface area contributed by atoms with Gasteiger partial charge in [0.05, 0.1) is 11.0 Å². The van der Waals surface area contributed by atoms with Crippen LogP contribution in [0.2, 0.25) is 0 Å². The molecule has 0 spiro atoms. The molecule has 0 saturated carbocycles. The summed E-state index contributed by atoms with van der Waals surface area (Å²) in [4.78, 5) is 4.73. The Balaban J connectivity index is 1.82. The molecule has 2 aromatic heterocycles. The second kappa shape index (κ2) is 6.79. The normalized spacial score (nSPS) is 11.3. The molecule has 2 heterocycles. The third-order valence-electron chi connectivity index (χ3n) is 3.44. The topological polar surface area (TPSA) is 35.6 Å². The number of nitrogens with zero attached hydrogens (tertiary/aromatic N) is 4. The van der Waals surface area contributed by atoms with Gasteiger partial charge >= 0.3 is 0 Å². The van der Waals surface area contributed by atoms with Crippen LogP contribution in [0.4, 0.5) is 0 Å². The lowest BCUT2D eigenvalue weighted by Gasteiger charge is -2.08. The predicted octanol–water partition coefficient (Wildman–Crippen LogP) is 3.71. The SMILES string of the molecule is ClCCc1nc2cc(I)ccc2n1CCCn1cccn1. The summed E-state index contributed by atoms with van der Waals surface area (Å²) in [6, 6.07) is 8.35. The van der Waals surface area contributed by atoms with Crippen molar-refractivity contribution in [1.29, 1.82) is 0 Å². The molecule has 21 heavy (non-hydrogen) atoms. The highest BCUT2D eigenvalue weighted by Crippen LogP contribution is 2.20. The molecule has 0 bridgehead atoms. The zero-order chi connectivity index (χ0) is 14.7. The van der Waals surface area contributed by atoms with Crippen LogP contribution in [0.3, 0.4) is 0 Å². The zero-order valence-corrected chi connectivity index (χ0v) is 14.5. The number of aromatic nitrogens is 4. The lowest BCUT2D eigenvalue weighted by molar-refractivity contribution is 0.524. The zero-order valence-electron chi connectivity index (χ0n) is 11.5. The van der Waals surface area contributed by atoms with E-state index in [1.165, 1.54) is 9.09 Å². The molecular formula is C15H16ClIN4. The van der Waals surface area contributed by atoms with Crippen LogP contribution in [0, 0.1) is 3.57 Å². The smallest absolute Gasteiger partial charge is 0.111 e. The number of alkyl halides is 1.